The van der Waals surface area contributed by atoms with Crippen molar-refractivity contribution in [1.82, 2.24) is 9.80 Å². The summed E-state index contributed by atoms with van der Waals surface area (Å²) >= 11 is 0. The number of hydrogen-bond donors (Lipinski definition) is 1. The number of nitrogens with zero attached hydrogens (tertiary/aromatic N) is 2. The summed E-state index contributed by atoms with van der Waals surface area (Å²) in [7, 11) is 0. The molecule has 2 amide bonds. The van der Waals surface area contributed by atoms with Crippen molar-refractivity contribution in [3.05, 3.63) is 35.1 Å². The lowest BCUT2D eigenvalue weighted by Crippen LogP contribution is -2.61. The molecule has 0 bridgehead atoms. The molecule has 8 heteroatoms. The molecule has 2 aliphatic rings. The molecular weight excluding hydrogens is 361 g/mol. The summed E-state index contributed by atoms with van der Waals surface area (Å²) in [5.41, 5.74) is 6.25. The van der Waals surface area contributed by atoms with Crippen molar-refractivity contribution in [1.29, 1.82) is 0 Å². The number of amides is 2. The number of aryl methyl sites for hydroxylation is 1. The van der Waals surface area contributed by atoms with Gasteiger partial charge in [-0.2, -0.15) is 0 Å². The Labute approximate surface area is 158 Å². The molecule has 0 spiro atoms. The average molecular weight is 386 g/mol. The van der Waals surface area contributed by atoms with Gasteiger partial charge in [-0.25, -0.2) is 4.39 Å². The quantitative estimate of drug-likeness (QED) is 0.833. The molecule has 1 aromatic carbocycles. The van der Waals surface area contributed by atoms with Crippen molar-refractivity contribution in [3.63, 3.8) is 0 Å². The van der Waals surface area contributed by atoms with Crippen molar-refractivity contribution in [2.75, 3.05) is 39.4 Å². The number of nitrogens with two attached hydrogens (primary N) is 1. The molecule has 0 radical (unpaired) electrons. The molecule has 3 rings (SSSR count). The van der Waals surface area contributed by atoms with Gasteiger partial charge >= 0.3 is 0 Å². The van der Waals surface area contributed by atoms with Gasteiger partial charge in [-0.1, -0.05) is 6.07 Å². The van der Waals surface area contributed by atoms with E-state index in [1.54, 1.807) is 28.9 Å². The number of halogens is 2. The summed E-state index contributed by atoms with van der Waals surface area (Å²) in [5, 5.41) is 0. The van der Waals surface area contributed by atoms with E-state index >= 15 is 0 Å². The minimum Gasteiger partial charge on any atom is -0.381 e. The van der Waals surface area contributed by atoms with Gasteiger partial charge in [0.15, 0.2) is 0 Å². The van der Waals surface area contributed by atoms with Crippen molar-refractivity contribution in [2.24, 2.45) is 5.73 Å². The average Bonchev–Trinajstić information content (AvgIpc) is 2.63. The molecule has 0 aromatic heterocycles. The second-order valence-electron chi connectivity index (χ2n) is 6.82. The molecule has 0 aliphatic carbocycles. The predicted octanol–water partition coefficient (Wildman–Crippen LogP) is 1.35. The van der Waals surface area contributed by atoms with Crippen LogP contribution in [0.15, 0.2) is 18.2 Å². The molecule has 1 aromatic rings. The Hall–Kier alpha value is -1.70. The number of rotatable bonds is 2. The molecule has 2 aliphatic heterocycles. The summed E-state index contributed by atoms with van der Waals surface area (Å²) in [5.74, 6) is -0.659. The van der Waals surface area contributed by atoms with Crippen LogP contribution in [-0.2, 0) is 9.53 Å². The van der Waals surface area contributed by atoms with E-state index in [0.717, 1.165) is 0 Å². The Morgan fingerprint density at radius 2 is 1.69 bits per heavy atom. The molecule has 0 atom stereocenters. The van der Waals surface area contributed by atoms with Crippen molar-refractivity contribution < 1.29 is 18.7 Å². The molecule has 26 heavy (non-hydrogen) atoms. The zero-order chi connectivity index (χ0) is 18.0. The maximum Gasteiger partial charge on any atom is 0.254 e. The largest absolute Gasteiger partial charge is 0.381 e. The number of piperazine rings is 1. The zero-order valence-corrected chi connectivity index (χ0v) is 15.7. The van der Waals surface area contributed by atoms with Gasteiger partial charge in [0.25, 0.3) is 5.91 Å². The van der Waals surface area contributed by atoms with Crippen molar-refractivity contribution in [3.8, 4) is 0 Å². The van der Waals surface area contributed by atoms with Crippen LogP contribution < -0.4 is 5.73 Å². The number of hydrogen-bond acceptors (Lipinski definition) is 4. The normalized spacial score (nSPS) is 19.7. The summed E-state index contributed by atoms with van der Waals surface area (Å²) in [6, 6.07) is 4.51. The highest BCUT2D eigenvalue weighted by Gasteiger charge is 2.40. The number of benzene rings is 1. The SMILES string of the molecule is Cc1ccc(C(=O)N2CCN(C(=O)C3(N)CCOCC3)CC2)cc1F.Cl. The first-order chi connectivity index (χ1) is 11.9. The lowest BCUT2D eigenvalue weighted by Gasteiger charge is -2.40. The monoisotopic (exact) mass is 385 g/mol. The molecular formula is C18H25ClFN3O3. The van der Waals surface area contributed by atoms with Crippen LogP contribution in [0.4, 0.5) is 4.39 Å². The number of carbonyl (C=O) groups is 2. The summed E-state index contributed by atoms with van der Waals surface area (Å²) in [6.07, 6.45) is 1.04. The zero-order valence-electron chi connectivity index (χ0n) is 14.9. The van der Waals surface area contributed by atoms with Crippen LogP contribution in [0.3, 0.4) is 0 Å². The Bertz CT molecular complexity index is 672. The van der Waals surface area contributed by atoms with E-state index in [2.05, 4.69) is 0 Å². The Morgan fingerprint density at radius 1 is 1.12 bits per heavy atom. The van der Waals surface area contributed by atoms with E-state index < -0.39 is 5.54 Å². The van der Waals surface area contributed by atoms with Crippen molar-refractivity contribution >= 4 is 24.2 Å². The van der Waals surface area contributed by atoms with Crippen LogP contribution in [-0.4, -0.2) is 66.5 Å². The molecule has 2 saturated heterocycles. The summed E-state index contributed by atoms with van der Waals surface area (Å²) < 4.78 is 19.0. The second-order valence-corrected chi connectivity index (χ2v) is 6.82. The first-order valence-electron chi connectivity index (χ1n) is 8.62. The molecule has 2 heterocycles. The Kier molecular flexibility index (Phi) is 6.60. The highest BCUT2D eigenvalue weighted by atomic mass is 35.5. The van der Waals surface area contributed by atoms with Crippen LogP contribution in [0.1, 0.15) is 28.8 Å². The Morgan fingerprint density at radius 3 is 2.27 bits per heavy atom. The van der Waals surface area contributed by atoms with E-state index in [1.807, 2.05) is 0 Å². The fourth-order valence-corrected chi connectivity index (χ4v) is 3.29. The molecule has 2 N–H and O–H groups in total. The standard InChI is InChI=1S/C18H24FN3O3.ClH/c1-13-2-3-14(12-15(13)19)16(23)21-6-8-22(9-7-21)17(24)18(20)4-10-25-11-5-18;/h2-3,12H,4-11,20H2,1H3;1H. The van der Waals surface area contributed by atoms with Crippen LogP contribution in [0.5, 0.6) is 0 Å². The summed E-state index contributed by atoms with van der Waals surface area (Å²) in [4.78, 5) is 28.6. The molecule has 144 valence electrons. The van der Waals surface area contributed by atoms with E-state index in [0.29, 0.717) is 63.4 Å². The number of ether oxygens (including phenoxy) is 1. The third-order valence-electron chi connectivity index (χ3n) is 5.08. The smallest absolute Gasteiger partial charge is 0.254 e. The second kappa shape index (κ2) is 8.33. The van der Waals surface area contributed by atoms with Gasteiger partial charge in [-0.3, -0.25) is 9.59 Å². The highest BCUT2D eigenvalue weighted by Crippen LogP contribution is 2.22. The third-order valence-corrected chi connectivity index (χ3v) is 5.08. The lowest BCUT2D eigenvalue weighted by molar-refractivity contribution is -0.142. The predicted molar refractivity (Wildman–Crippen MR) is 97.8 cm³/mol. The maximum atomic E-state index is 13.7. The van der Waals surface area contributed by atoms with Gasteiger partial charge in [0.2, 0.25) is 5.91 Å². The van der Waals surface area contributed by atoms with Gasteiger partial charge in [0, 0.05) is 45.0 Å². The van der Waals surface area contributed by atoms with E-state index in [-0.39, 0.29) is 30.0 Å². The van der Waals surface area contributed by atoms with Gasteiger partial charge in [-0.05, 0) is 37.5 Å². The van der Waals surface area contributed by atoms with Gasteiger partial charge in [0.1, 0.15) is 5.82 Å². The van der Waals surface area contributed by atoms with Gasteiger partial charge in [-0.15, -0.1) is 12.4 Å². The minimum atomic E-state index is -0.857. The van der Waals surface area contributed by atoms with E-state index in [1.165, 1.54) is 6.07 Å². The topological polar surface area (TPSA) is 75.9 Å². The highest BCUT2D eigenvalue weighted by molar-refractivity contribution is 5.94. The van der Waals surface area contributed by atoms with Crippen molar-refractivity contribution in [2.45, 2.75) is 25.3 Å². The fourth-order valence-electron chi connectivity index (χ4n) is 3.29. The Balaban J connectivity index is 0.00000243. The lowest BCUT2D eigenvalue weighted by atomic mass is 9.89. The minimum absolute atomic E-state index is 0. The van der Waals surface area contributed by atoms with Crippen LogP contribution in [0, 0.1) is 12.7 Å². The fraction of sp³-hybridized carbons (Fsp3) is 0.556. The van der Waals surface area contributed by atoms with E-state index in [4.69, 9.17) is 10.5 Å². The molecule has 0 unspecified atom stereocenters. The molecule has 0 saturated carbocycles. The van der Waals surface area contributed by atoms with Crippen LogP contribution >= 0.6 is 12.4 Å². The van der Waals surface area contributed by atoms with Gasteiger partial charge in [0.05, 0.1) is 5.54 Å². The van der Waals surface area contributed by atoms with Crippen LogP contribution in [0.2, 0.25) is 0 Å². The molecule has 2 fully saturated rings. The maximum absolute atomic E-state index is 13.7. The molecule has 6 nitrogen and oxygen atoms in total. The number of carbonyl (C=O) groups excluding carboxylic acids is 2. The first kappa shape index (κ1) is 20.6. The van der Waals surface area contributed by atoms with Crippen LogP contribution in [0.25, 0.3) is 0 Å². The summed E-state index contributed by atoms with van der Waals surface area (Å²) in [6.45, 7) is 4.39. The van der Waals surface area contributed by atoms with E-state index in [9.17, 15) is 14.0 Å². The first-order valence-corrected chi connectivity index (χ1v) is 8.62. The third kappa shape index (κ3) is 4.16. The van der Waals surface area contributed by atoms with Gasteiger partial charge < -0.3 is 20.3 Å².